The van der Waals surface area contributed by atoms with Crippen LogP contribution in [0.4, 0.5) is 11.4 Å². The van der Waals surface area contributed by atoms with Gasteiger partial charge in [-0.05, 0) is 94.8 Å². The molecule has 4 nitrogen and oxygen atoms in total. The molecule has 0 N–H and O–H groups in total. The Labute approximate surface area is 276 Å². The van der Waals surface area contributed by atoms with Gasteiger partial charge in [0.2, 0.25) is 0 Å². The lowest BCUT2D eigenvalue weighted by atomic mass is 9.67. The summed E-state index contributed by atoms with van der Waals surface area (Å²) in [5.41, 5.74) is 14.7. The Kier molecular flexibility index (Phi) is 6.39. The maximum atomic E-state index is 6.18. The van der Waals surface area contributed by atoms with E-state index in [1.165, 1.54) is 55.6 Å². The maximum absolute atomic E-state index is 6.18. The third-order valence-electron chi connectivity index (χ3n) is 10.5. The van der Waals surface area contributed by atoms with Crippen molar-refractivity contribution >= 4 is 11.4 Å². The van der Waals surface area contributed by atoms with Gasteiger partial charge in [0.05, 0.1) is 18.5 Å². The number of hydrogen-bond acceptors (Lipinski definition) is 4. The summed E-state index contributed by atoms with van der Waals surface area (Å²) >= 11 is 0. The highest BCUT2D eigenvalue weighted by molar-refractivity contribution is 5.86. The van der Waals surface area contributed by atoms with Gasteiger partial charge in [-0.15, -0.1) is 0 Å². The molecular weight excluding hydrogens is 576 g/mol. The highest BCUT2D eigenvalue weighted by Crippen LogP contribution is 2.56. The molecule has 0 unspecified atom stereocenters. The van der Waals surface area contributed by atoms with E-state index in [0.29, 0.717) is 13.5 Å². The van der Waals surface area contributed by atoms with Crippen LogP contribution in [0.25, 0.3) is 11.1 Å². The van der Waals surface area contributed by atoms with Crippen LogP contribution in [-0.4, -0.2) is 13.5 Å². The van der Waals surface area contributed by atoms with Crippen LogP contribution >= 0.6 is 0 Å². The number of fused-ring (bicyclic) bond motifs is 5. The fourth-order valence-electron chi connectivity index (χ4n) is 7.99. The number of anilines is 2. The molecule has 0 atom stereocenters. The highest BCUT2D eigenvalue weighted by atomic mass is 16.5. The molecule has 2 aliphatic heterocycles. The molecule has 0 radical (unpaired) electrons. The molecule has 0 amide bonds. The van der Waals surface area contributed by atoms with Gasteiger partial charge in [-0.2, -0.15) is 0 Å². The van der Waals surface area contributed by atoms with Crippen LogP contribution in [0.1, 0.15) is 44.5 Å². The van der Waals surface area contributed by atoms with Gasteiger partial charge < -0.3 is 19.3 Å². The molecule has 0 aromatic heterocycles. The number of ether oxygens (including phenoxy) is 2. The van der Waals surface area contributed by atoms with Gasteiger partial charge in [0.25, 0.3) is 0 Å². The Morgan fingerprint density at radius 1 is 0.468 bits per heavy atom. The van der Waals surface area contributed by atoms with Crippen LogP contribution in [-0.2, 0) is 18.5 Å². The molecule has 2 heterocycles. The minimum Gasteiger partial charge on any atom is -0.473 e. The Hall–Kier alpha value is -5.48. The molecule has 0 fully saturated rings. The molecule has 3 aliphatic rings. The van der Waals surface area contributed by atoms with Crippen molar-refractivity contribution in [3.05, 3.63) is 178 Å². The molecule has 230 valence electrons. The molecule has 0 saturated carbocycles. The van der Waals surface area contributed by atoms with E-state index in [9.17, 15) is 0 Å². The lowest BCUT2D eigenvalue weighted by molar-refractivity contribution is 0.289. The van der Waals surface area contributed by atoms with Crippen LogP contribution in [0.15, 0.2) is 133 Å². The van der Waals surface area contributed by atoms with Gasteiger partial charge in [0.15, 0.2) is 13.5 Å². The van der Waals surface area contributed by atoms with Crippen molar-refractivity contribution in [1.29, 1.82) is 0 Å². The average molecular weight is 613 g/mol. The fourth-order valence-corrected chi connectivity index (χ4v) is 7.99. The Bertz CT molecular complexity index is 1980. The smallest absolute Gasteiger partial charge is 0.161 e. The van der Waals surface area contributed by atoms with E-state index in [4.69, 9.17) is 9.47 Å². The molecule has 0 bridgehead atoms. The number of rotatable bonds is 4. The van der Waals surface area contributed by atoms with E-state index < -0.39 is 5.41 Å². The minimum absolute atomic E-state index is 0.451. The van der Waals surface area contributed by atoms with Crippen LogP contribution in [0.3, 0.4) is 0 Å². The van der Waals surface area contributed by atoms with Crippen molar-refractivity contribution in [1.82, 2.24) is 0 Å². The van der Waals surface area contributed by atoms with Crippen molar-refractivity contribution in [2.45, 2.75) is 32.4 Å². The standard InChI is InChI=1S/C43H36N2O2/c1-29-9-7-15-41-37(29)25-44(27-46-41)33-21-17-31(18-22-33)43(39-13-5-3-11-35(39)36-12-4-6-14-40(36)43)32-19-23-34(24-20-32)45-26-38-30(2)10-8-16-42(38)47-28-45/h3-24H,25-28H2,1-2H3. The number of benzene rings is 6. The zero-order chi connectivity index (χ0) is 31.5. The molecule has 9 rings (SSSR count). The summed E-state index contributed by atoms with van der Waals surface area (Å²) in [6.07, 6.45) is 0. The summed E-state index contributed by atoms with van der Waals surface area (Å²) in [6.45, 7) is 7.08. The number of hydrogen-bond donors (Lipinski definition) is 0. The first-order chi connectivity index (χ1) is 23.1. The van der Waals surface area contributed by atoms with E-state index >= 15 is 0 Å². The van der Waals surface area contributed by atoms with Gasteiger partial charge in [-0.3, -0.25) is 0 Å². The Morgan fingerprint density at radius 3 is 1.34 bits per heavy atom. The fraction of sp³-hybridized carbons (Fsp3) is 0.163. The van der Waals surface area contributed by atoms with Gasteiger partial charge in [0, 0.05) is 22.5 Å². The lowest BCUT2D eigenvalue weighted by Crippen LogP contribution is -2.33. The second-order valence-electron chi connectivity index (χ2n) is 13.0. The van der Waals surface area contributed by atoms with Gasteiger partial charge >= 0.3 is 0 Å². The summed E-state index contributed by atoms with van der Waals surface area (Å²) in [4.78, 5) is 4.63. The third-order valence-corrected chi connectivity index (χ3v) is 10.5. The zero-order valence-electron chi connectivity index (χ0n) is 26.7. The number of aryl methyl sites for hydroxylation is 2. The lowest BCUT2D eigenvalue weighted by Gasteiger charge is -2.36. The summed E-state index contributed by atoms with van der Waals surface area (Å²) < 4.78 is 12.4. The first-order valence-corrected chi connectivity index (χ1v) is 16.4. The van der Waals surface area contributed by atoms with E-state index in [-0.39, 0.29) is 0 Å². The molecule has 6 aromatic carbocycles. The van der Waals surface area contributed by atoms with E-state index in [1.807, 2.05) is 0 Å². The number of nitrogens with zero attached hydrogens (tertiary/aromatic N) is 2. The van der Waals surface area contributed by atoms with Crippen LogP contribution < -0.4 is 19.3 Å². The van der Waals surface area contributed by atoms with Crippen molar-refractivity contribution in [2.24, 2.45) is 0 Å². The monoisotopic (exact) mass is 612 g/mol. The van der Waals surface area contributed by atoms with Gasteiger partial charge in [0.1, 0.15) is 11.5 Å². The molecule has 0 saturated heterocycles. The molecular formula is C43H36N2O2. The molecule has 47 heavy (non-hydrogen) atoms. The van der Waals surface area contributed by atoms with Crippen molar-refractivity contribution < 1.29 is 9.47 Å². The average Bonchev–Trinajstić information content (AvgIpc) is 3.43. The van der Waals surface area contributed by atoms with Crippen LogP contribution in [0.5, 0.6) is 11.5 Å². The SMILES string of the molecule is Cc1cccc2c1CN(c1ccc(C3(c4ccc(N5COc6cccc(C)c6C5)cc4)c4ccccc4-c4ccccc43)cc1)CO2. The van der Waals surface area contributed by atoms with Crippen molar-refractivity contribution in [3.63, 3.8) is 0 Å². The van der Waals surface area contributed by atoms with Crippen LogP contribution in [0.2, 0.25) is 0 Å². The van der Waals surface area contributed by atoms with Gasteiger partial charge in [-0.25, -0.2) is 0 Å². The maximum Gasteiger partial charge on any atom is 0.161 e. The second-order valence-corrected chi connectivity index (χ2v) is 13.0. The normalized spacial score (nSPS) is 15.5. The Morgan fingerprint density at radius 2 is 0.894 bits per heavy atom. The van der Waals surface area contributed by atoms with E-state index in [1.54, 1.807) is 0 Å². The van der Waals surface area contributed by atoms with Crippen LogP contribution in [0, 0.1) is 13.8 Å². The predicted molar refractivity (Wildman–Crippen MR) is 189 cm³/mol. The second kappa shape index (κ2) is 10.8. The van der Waals surface area contributed by atoms with E-state index in [0.717, 1.165) is 36.0 Å². The molecule has 4 heteroatoms. The molecule has 1 aliphatic carbocycles. The predicted octanol–water partition coefficient (Wildman–Crippen LogP) is 9.38. The molecule has 0 spiro atoms. The van der Waals surface area contributed by atoms with Gasteiger partial charge in [-0.1, -0.05) is 97.1 Å². The zero-order valence-corrected chi connectivity index (χ0v) is 26.7. The highest BCUT2D eigenvalue weighted by Gasteiger charge is 2.46. The first kappa shape index (κ1) is 27.8. The summed E-state index contributed by atoms with van der Waals surface area (Å²) in [6, 6.07) is 48.9. The van der Waals surface area contributed by atoms with E-state index in [2.05, 4.69) is 157 Å². The Balaban J connectivity index is 1.13. The van der Waals surface area contributed by atoms with Crippen molar-refractivity contribution in [3.8, 4) is 22.6 Å². The first-order valence-electron chi connectivity index (χ1n) is 16.4. The largest absolute Gasteiger partial charge is 0.473 e. The third kappa shape index (κ3) is 4.28. The minimum atomic E-state index is -0.451. The van der Waals surface area contributed by atoms with Crippen molar-refractivity contribution in [2.75, 3.05) is 23.3 Å². The molecule has 6 aromatic rings. The summed E-state index contributed by atoms with van der Waals surface area (Å²) in [7, 11) is 0. The quantitative estimate of drug-likeness (QED) is 0.198. The topological polar surface area (TPSA) is 24.9 Å². The summed E-state index contributed by atoms with van der Waals surface area (Å²) in [5, 5.41) is 0. The summed E-state index contributed by atoms with van der Waals surface area (Å²) in [5.74, 6) is 1.99.